The number of rotatable bonds is 1. The fraction of sp³-hybridized carbons (Fsp3) is 0.0714. The smallest absolute Gasteiger partial charge is 0.335 e. The molecule has 0 spiro atoms. The third kappa shape index (κ3) is 1.56. The molecule has 0 bridgehead atoms. The van der Waals surface area contributed by atoms with Crippen molar-refractivity contribution in [1.82, 2.24) is 4.90 Å². The molecular formula is C14H11NO2. The van der Waals surface area contributed by atoms with Crippen molar-refractivity contribution in [3.63, 3.8) is 0 Å². The first-order valence-corrected chi connectivity index (χ1v) is 5.45. The molecule has 1 aromatic rings. The highest BCUT2D eigenvalue weighted by Crippen LogP contribution is 2.32. The van der Waals surface area contributed by atoms with Gasteiger partial charge in [0.05, 0.1) is 5.57 Å². The molecule has 2 heterocycles. The number of hydrogen-bond donors (Lipinski definition) is 1. The van der Waals surface area contributed by atoms with Crippen LogP contribution in [0.25, 0.3) is 11.8 Å². The van der Waals surface area contributed by atoms with Crippen LogP contribution in [0.15, 0.2) is 48.2 Å². The topological polar surface area (TPSA) is 40.5 Å². The summed E-state index contributed by atoms with van der Waals surface area (Å²) in [4.78, 5) is 13.0. The minimum absolute atomic E-state index is 0.362. The fourth-order valence-corrected chi connectivity index (χ4v) is 2.15. The first-order chi connectivity index (χ1) is 8.25. The van der Waals surface area contributed by atoms with Gasteiger partial charge in [0.25, 0.3) is 0 Å². The molecule has 0 aliphatic carbocycles. The van der Waals surface area contributed by atoms with E-state index in [9.17, 15) is 4.79 Å². The van der Waals surface area contributed by atoms with Crippen LogP contribution in [0.1, 0.15) is 11.1 Å². The highest BCUT2D eigenvalue weighted by atomic mass is 16.4. The molecule has 1 aromatic carbocycles. The largest absolute Gasteiger partial charge is 0.478 e. The van der Waals surface area contributed by atoms with E-state index in [1.54, 1.807) is 12.2 Å². The molecule has 0 saturated heterocycles. The Kier molecular flexibility index (Phi) is 2.11. The van der Waals surface area contributed by atoms with Crippen molar-refractivity contribution >= 4 is 17.7 Å². The molecule has 0 amide bonds. The molecule has 3 heteroatoms. The third-order valence-corrected chi connectivity index (χ3v) is 3.03. The third-order valence-electron chi connectivity index (χ3n) is 3.03. The van der Waals surface area contributed by atoms with Crippen molar-refractivity contribution < 1.29 is 9.90 Å². The lowest BCUT2D eigenvalue weighted by molar-refractivity contribution is -0.132. The van der Waals surface area contributed by atoms with Gasteiger partial charge in [0.15, 0.2) is 0 Å². The van der Waals surface area contributed by atoms with Gasteiger partial charge in [-0.05, 0) is 17.7 Å². The Labute approximate surface area is 99.0 Å². The number of benzene rings is 1. The molecule has 3 rings (SSSR count). The zero-order valence-corrected chi connectivity index (χ0v) is 9.13. The first-order valence-electron chi connectivity index (χ1n) is 5.45. The van der Waals surface area contributed by atoms with E-state index in [2.05, 4.69) is 4.90 Å². The quantitative estimate of drug-likeness (QED) is 0.797. The molecule has 0 unspecified atom stereocenters. The van der Waals surface area contributed by atoms with Crippen molar-refractivity contribution in [2.24, 2.45) is 0 Å². The Morgan fingerprint density at radius 3 is 2.94 bits per heavy atom. The summed E-state index contributed by atoms with van der Waals surface area (Å²) >= 11 is 0. The molecule has 0 radical (unpaired) electrons. The minimum atomic E-state index is -0.871. The van der Waals surface area contributed by atoms with Gasteiger partial charge in [0, 0.05) is 24.0 Å². The molecule has 0 saturated carbocycles. The number of fused-ring (bicyclic) bond motifs is 3. The number of carboxylic acids is 1. The zero-order chi connectivity index (χ0) is 11.8. The molecule has 17 heavy (non-hydrogen) atoms. The van der Waals surface area contributed by atoms with Gasteiger partial charge in [-0.3, -0.25) is 0 Å². The Morgan fingerprint density at radius 1 is 1.29 bits per heavy atom. The number of nitrogens with zero attached hydrogens (tertiary/aromatic N) is 1. The van der Waals surface area contributed by atoms with E-state index < -0.39 is 5.97 Å². The van der Waals surface area contributed by atoms with Gasteiger partial charge < -0.3 is 10.0 Å². The van der Waals surface area contributed by atoms with Gasteiger partial charge in [0.1, 0.15) is 0 Å². The van der Waals surface area contributed by atoms with Crippen molar-refractivity contribution in [2.45, 2.75) is 0 Å². The summed E-state index contributed by atoms with van der Waals surface area (Å²) in [7, 11) is 0. The van der Waals surface area contributed by atoms with Crippen LogP contribution < -0.4 is 0 Å². The van der Waals surface area contributed by atoms with Crippen LogP contribution in [-0.4, -0.2) is 22.5 Å². The van der Waals surface area contributed by atoms with Gasteiger partial charge in [-0.15, -0.1) is 0 Å². The lowest BCUT2D eigenvalue weighted by Gasteiger charge is -2.30. The van der Waals surface area contributed by atoms with Gasteiger partial charge in [-0.2, -0.15) is 0 Å². The summed E-state index contributed by atoms with van der Waals surface area (Å²) in [5, 5.41) is 9.03. The van der Waals surface area contributed by atoms with Crippen LogP contribution in [0.4, 0.5) is 0 Å². The highest BCUT2D eigenvalue weighted by Gasteiger charge is 2.21. The maximum Gasteiger partial charge on any atom is 0.335 e. The van der Waals surface area contributed by atoms with Crippen LogP contribution >= 0.6 is 0 Å². The normalized spacial score (nSPS) is 16.8. The summed E-state index contributed by atoms with van der Waals surface area (Å²) < 4.78 is 0. The van der Waals surface area contributed by atoms with Crippen LogP contribution in [-0.2, 0) is 4.79 Å². The van der Waals surface area contributed by atoms with Crippen LogP contribution in [0.5, 0.6) is 0 Å². The lowest BCUT2D eigenvalue weighted by atomic mass is 9.97. The predicted molar refractivity (Wildman–Crippen MR) is 65.9 cm³/mol. The molecule has 0 atom stereocenters. The molecule has 2 aliphatic rings. The monoisotopic (exact) mass is 225 g/mol. The van der Waals surface area contributed by atoms with Crippen molar-refractivity contribution in [2.75, 3.05) is 6.54 Å². The van der Waals surface area contributed by atoms with E-state index in [-0.39, 0.29) is 0 Å². The van der Waals surface area contributed by atoms with Crippen molar-refractivity contribution in [3.05, 3.63) is 59.3 Å². The van der Waals surface area contributed by atoms with Crippen molar-refractivity contribution in [3.8, 4) is 0 Å². The zero-order valence-electron chi connectivity index (χ0n) is 9.13. The molecule has 1 N–H and O–H groups in total. The molecule has 0 aromatic heterocycles. The standard InChI is InChI=1S/C14H11NO2/c16-14(17)11-6-8-15-7-5-10-3-1-2-4-12(10)13(15)9-11/h1-7,9H,8H2,(H,16,17). The second-order valence-corrected chi connectivity index (χ2v) is 4.05. The number of aliphatic carboxylic acids is 1. The Hall–Kier alpha value is -2.29. The Morgan fingerprint density at radius 2 is 2.12 bits per heavy atom. The SMILES string of the molecule is O=C(O)C1=CCN2C=Cc3ccccc3C2=C1. The average molecular weight is 225 g/mol. The van der Waals surface area contributed by atoms with E-state index in [0.29, 0.717) is 12.1 Å². The van der Waals surface area contributed by atoms with Gasteiger partial charge in [-0.1, -0.05) is 30.3 Å². The van der Waals surface area contributed by atoms with Gasteiger partial charge in [0.2, 0.25) is 0 Å². The van der Waals surface area contributed by atoms with Gasteiger partial charge >= 0.3 is 5.97 Å². The summed E-state index contributed by atoms with van der Waals surface area (Å²) in [6.45, 7) is 0.609. The van der Waals surface area contributed by atoms with Crippen LogP contribution in [0, 0.1) is 0 Å². The summed E-state index contributed by atoms with van der Waals surface area (Å²) in [6.07, 6.45) is 7.49. The molecular weight excluding hydrogens is 214 g/mol. The maximum atomic E-state index is 11.0. The fourth-order valence-electron chi connectivity index (χ4n) is 2.15. The average Bonchev–Trinajstić information content (AvgIpc) is 2.38. The van der Waals surface area contributed by atoms with E-state index >= 15 is 0 Å². The van der Waals surface area contributed by atoms with E-state index in [1.807, 2.05) is 36.5 Å². The summed E-state index contributed by atoms with van der Waals surface area (Å²) in [5.41, 5.74) is 3.54. The summed E-state index contributed by atoms with van der Waals surface area (Å²) in [5.74, 6) is -0.871. The van der Waals surface area contributed by atoms with E-state index in [0.717, 1.165) is 16.8 Å². The lowest BCUT2D eigenvalue weighted by Crippen LogP contribution is -2.23. The molecule has 3 nitrogen and oxygen atoms in total. The van der Waals surface area contributed by atoms with Gasteiger partial charge in [-0.25, -0.2) is 4.79 Å². The van der Waals surface area contributed by atoms with Crippen molar-refractivity contribution in [1.29, 1.82) is 0 Å². The second kappa shape index (κ2) is 3.63. The Balaban J connectivity index is 2.13. The second-order valence-electron chi connectivity index (χ2n) is 4.05. The number of carbonyl (C=O) groups is 1. The summed E-state index contributed by atoms with van der Waals surface area (Å²) in [6, 6.07) is 8.00. The molecule has 2 aliphatic heterocycles. The Bertz CT molecular complexity index is 582. The molecule has 84 valence electrons. The molecule has 0 fully saturated rings. The van der Waals surface area contributed by atoms with E-state index in [1.165, 1.54) is 0 Å². The number of carboxylic acid groups (broad SMARTS) is 1. The minimum Gasteiger partial charge on any atom is -0.478 e. The van der Waals surface area contributed by atoms with E-state index in [4.69, 9.17) is 5.11 Å². The maximum absolute atomic E-state index is 11.0. The van der Waals surface area contributed by atoms with Crippen LogP contribution in [0.2, 0.25) is 0 Å². The number of hydrogen-bond acceptors (Lipinski definition) is 2. The van der Waals surface area contributed by atoms with Crippen LogP contribution in [0.3, 0.4) is 0 Å². The predicted octanol–water partition coefficient (Wildman–Crippen LogP) is 2.34. The first kappa shape index (κ1) is 9.90. The highest BCUT2D eigenvalue weighted by molar-refractivity contribution is 5.94.